The number of hydrogen-bond acceptors (Lipinski definition) is 4. The van der Waals surface area contributed by atoms with Crippen LogP contribution in [0.2, 0.25) is 0 Å². The van der Waals surface area contributed by atoms with E-state index < -0.39 is 5.91 Å². The molecule has 2 amide bonds. The number of nitrogens with two attached hydrogens (primary N) is 1. The Morgan fingerprint density at radius 3 is 2.61 bits per heavy atom. The molecule has 0 bridgehead atoms. The predicted molar refractivity (Wildman–Crippen MR) is 84.7 cm³/mol. The third-order valence-corrected chi connectivity index (χ3v) is 5.02. The average Bonchev–Trinajstić information content (AvgIpc) is 2.60. The SMILES string of the molecule is NC1CCC(C(=O)N2CCc3ccc(C(=O)NO)cc3C2)CC1. The molecule has 1 fully saturated rings. The van der Waals surface area contributed by atoms with Crippen LogP contribution in [0.5, 0.6) is 0 Å². The van der Waals surface area contributed by atoms with Gasteiger partial charge in [0.15, 0.2) is 0 Å². The molecular formula is C17H23N3O3. The molecule has 1 aliphatic carbocycles. The highest BCUT2D eigenvalue weighted by atomic mass is 16.5. The van der Waals surface area contributed by atoms with Gasteiger partial charge in [0.05, 0.1) is 0 Å². The first-order valence-corrected chi connectivity index (χ1v) is 8.19. The van der Waals surface area contributed by atoms with E-state index in [0.29, 0.717) is 12.1 Å². The number of nitrogens with one attached hydrogen (secondary N) is 1. The first-order chi connectivity index (χ1) is 11.1. The van der Waals surface area contributed by atoms with Gasteiger partial charge in [0.1, 0.15) is 0 Å². The van der Waals surface area contributed by atoms with Crippen molar-refractivity contribution in [2.75, 3.05) is 6.54 Å². The molecule has 1 heterocycles. The fourth-order valence-electron chi connectivity index (χ4n) is 3.58. The second-order valence-electron chi connectivity index (χ2n) is 6.55. The van der Waals surface area contributed by atoms with Crippen LogP contribution in [-0.2, 0) is 17.8 Å². The average molecular weight is 317 g/mol. The molecule has 6 nitrogen and oxygen atoms in total. The third-order valence-electron chi connectivity index (χ3n) is 5.02. The normalized spacial score (nSPS) is 24.0. The number of nitrogens with zero attached hydrogens (tertiary/aromatic N) is 1. The Morgan fingerprint density at radius 1 is 1.17 bits per heavy atom. The number of hydroxylamine groups is 1. The maximum Gasteiger partial charge on any atom is 0.274 e. The standard InChI is InChI=1S/C17H23N3O3/c18-15-5-3-12(4-6-15)17(22)20-8-7-11-1-2-13(16(21)19-23)9-14(11)10-20/h1-2,9,12,15,23H,3-8,10,18H2,(H,19,21). The minimum atomic E-state index is -0.530. The van der Waals surface area contributed by atoms with E-state index in [0.717, 1.165) is 49.8 Å². The molecular weight excluding hydrogens is 294 g/mol. The second-order valence-corrected chi connectivity index (χ2v) is 6.55. The van der Waals surface area contributed by atoms with Gasteiger partial charge in [-0.25, -0.2) is 5.48 Å². The van der Waals surface area contributed by atoms with Gasteiger partial charge in [-0.15, -0.1) is 0 Å². The molecule has 1 aromatic carbocycles. The van der Waals surface area contributed by atoms with Crippen LogP contribution >= 0.6 is 0 Å². The van der Waals surface area contributed by atoms with Crippen molar-refractivity contribution >= 4 is 11.8 Å². The number of benzene rings is 1. The number of amides is 2. The van der Waals surface area contributed by atoms with E-state index in [4.69, 9.17) is 10.9 Å². The van der Waals surface area contributed by atoms with Gasteiger partial charge in [0.25, 0.3) is 5.91 Å². The van der Waals surface area contributed by atoms with Gasteiger partial charge in [-0.05, 0) is 55.4 Å². The first-order valence-electron chi connectivity index (χ1n) is 8.19. The van der Waals surface area contributed by atoms with Crippen molar-refractivity contribution in [2.45, 2.75) is 44.7 Å². The van der Waals surface area contributed by atoms with Crippen LogP contribution in [0.25, 0.3) is 0 Å². The van der Waals surface area contributed by atoms with Crippen molar-refractivity contribution in [3.63, 3.8) is 0 Å². The van der Waals surface area contributed by atoms with E-state index in [2.05, 4.69) is 0 Å². The summed E-state index contributed by atoms with van der Waals surface area (Å²) in [6, 6.07) is 5.60. The number of fused-ring (bicyclic) bond motifs is 1. The molecule has 2 aliphatic rings. The predicted octanol–water partition coefficient (Wildman–Crippen LogP) is 1.21. The van der Waals surface area contributed by atoms with E-state index in [1.807, 2.05) is 11.0 Å². The van der Waals surface area contributed by atoms with E-state index in [-0.39, 0.29) is 17.9 Å². The molecule has 0 unspecified atom stereocenters. The van der Waals surface area contributed by atoms with Crippen molar-refractivity contribution < 1.29 is 14.8 Å². The molecule has 23 heavy (non-hydrogen) atoms. The van der Waals surface area contributed by atoms with Gasteiger partial charge in [-0.2, -0.15) is 0 Å². The van der Waals surface area contributed by atoms with E-state index >= 15 is 0 Å². The lowest BCUT2D eigenvalue weighted by molar-refractivity contribution is -0.137. The monoisotopic (exact) mass is 317 g/mol. The second kappa shape index (κ2) is 6.68. The summed E-state index contributed by atoms with van der Waals surface area (Å²) in [5.41, 5.74) is 10.1. The van der Waals surface area contributed by atoms with Gasteiger partial charge in [-0.3, -0.25) is 14.8 Å². The van der Waals surface area contributed by atoms with Crippen molar-refractivity contribution in [2.24, 2.45) is 11.7 Å². The number of carbonyl (C=O) groups excluding carboxylic acids is 2. The van der Waals surface area contributed by atoms with Crippen molar-refractivity contribution in [3.8, 4) is 0 Å². The highest BCUT2D eigenvalue weighted by Gasteiger charge is 2.30. The zero-order valence-electron chi connectivity index (χ0n) is 13.1. The molecule has 0 aromatic heterocycles. The molecule has 3 rings (SSSR count). The first kappa shape index (κ1) is 16.0. The fraction of sp³-hybridized carbons (Fsp3) is 0.529. The molecule has 1 aromatic rings. The van der Waals surface area contributed by atoms with Crippen LogP contribution in [0.3, 0.4) is 0 Å². The molecule has 124 valence electrons. The van der Waals surface area contributed by atoms with Gasteiger partial charge in [0, 0.05) is 30.6 Å². The van der Waals surface area contributed by atoms with Gasteiger partial charge >= 0.3 is 0 Å². The zero-order valence-corrected chi connectivity index (χ0v) is 13.1. The van der Waals surface area contributed by atoms with Gasteiger partial charge in [-0.1, -0.05) is 6.07 Å². The van der Waals surface area contributed by atoms with Crippen molar-refractivity contribution in [3.05, 3.63) is 34.9 Å². The van der Waals surface area contributed by atoms with Crippen LogP contribution in [0, 0.1) is 5.92 Å². The Labute approximate surface area is 135 Å². The van der Waals surface area contributed by atoms with Gasteiger partial charge < -0.3 is 10.6 Å². The summed E-state index contributed by atoms with van der Waals surface area (Å²) < 4.78 is 0. The summed E-state index contributed by atoms with van der Waals surface area (Å²) in [5.74, 6) is -0.239. The molecule has 0 radical (unpaired) electrons. The Morgan fingerprint density at radius 2 is 1.91 bits per heavy atom. The highest BCUT2D eigenvalue weighted by molar-refractivity contribution is 5.93. The fourth-order valence-corrected chi connectivity index (χ4v) is 3.58. The summed E-state index contributed by atoms with van der Waals surface area (Å²) in [5, 5.41) is 8.75. The minimum absolute atomic E-state index is 0.0836. The lowest BCUT2D eigenvalue weighted by Gasteiger charge is -2.34. The maximum atomic E-state index is 12.7. The lowest BCUT2D eigenvalue weighted by atomic mass is 9.85. The van der Waals surface area contributed by atoms with Crippen LogP contribution in [-0.4, -0.2) is 34.5 Å². The molecule has 0 saturated heterocycles. The Balaban J connectivity index is 1.71. The smallest absolute Gasteiger partial charge is 0.274 e. The molecule has 6 heteroatoms. The summed E-state index contributed by atoms with van der Waals surface area (Å²) in [7, 11) is 0. The Hall–Kier alpha value is -1.92. The summed E-state index contributed by atoms with van der Waals surface area (Å²) in [6.45, 7) is 1.25. The van der Waals surface area contributed by atoms with E-state index in [1.165, 1.54) is 0 Å². The van der Waals surface area contributed by atoms with Crippen LogP contribution in [0.15, 0.2) is 18.2 Å². The zero-order chi connectivity index (χ0) is 16.4. The molecule has 0 spiro atoms. The molecule has 0 atom stereocenters. The molecule has 1 aliphatic heterocycles. The number of carbonyl (C=O) groups is 2. The minimum Gasteiger partial charge on any atom is -0.338 e. The van der Waals surface area contributed by atoms with Crippen LogP contribution in [0.1, 0.15) is 47.2 Å². The highest BCUT2D eigenvalue weighted by Crippen LogP contribution is 2.28. The van der Waals surface area contributed by atoms with E-state index in [9.17, 15) is 9.59 Å². The summed E-state index contributed by atoms with van der Waals surface area (Å²) in [6.07, 6.45) is 4.38. The maximum absolute atomic E-state index is 12.7. The number of hydrogen-bond donors (Lipinski definition) is 3. The third kappa shape index (κ3) is 3.38. The van der Waals surface area contributed by atoms with E-state index in [1.54, 1.807) is 17.6 Å². The summed E-state index contributed by atoms with van der Waals surface area (Å²) in [4.78, 5) is 26.1. The number of rotatable bonds is 2. The quantitative estimate of drug-likeness (QED) is 0.564. The van der Waals surface area contributed by atoms with Crippen LogP contribution in [0.4, 0.5) is 0 Å². The largest absolute Gasteiger partial charge is 0.338 e. The Kier molecular flexibility index (Phi) is 4.63. The summed E-state index contributed by atoms with van der Waals surface area (Å²) >= 11 is 0. The topological polar surface area (TPSA) is 95.7 Å². The molecule has 1 saturated carbocycles. The van der Waals surface area contributed by atoms with Crippen molar-refractivity contribution in [1.29, 1.82) is 0 Å². The Bertz CT molecular complexity index is 609. The van der Waals surface area contributed by atoms with Crippen molar-refractivity contribution in [1.82, 2.24) is 10.4 Å². The van der Waals surface area contributed by atoms with Crippen LogP contribution < -0.4 is 11.2 Å². The van der Waals surface area contributed by atoms with Gasteiger partial charge in [0.2, 0.25) is 5.91 Å². The molecule has 4 N–H and O–H groups in total. The lowest BCUT2D eigenvalue weighted by Crippen LogP contribution is -2.42.